The van der Waals surface area contributed by atoms with Gasteiger partial charge in [0, 0.05) is 17.8 Å². The normalized spacial score (nSPS) is 16.3. The first kappa shape index (κ1) is 17.7. The maximum atomic E-state index is 11.9. The molecule has 0 saturated heterocycles. The van der Waals surface area contributed by atoms with Crippen molar-refractivity contribution in [3.8, 4) is 0 Å². The van der Waals surface area contributed by atoms with Crippen LogP contribution in [0.5, 0.6) is 0 Å². The molecule has 6 nitrogen and oxygen atoms in total. The molecule has 0 aliphatic heterocycles. The number of hydrogen-bond acceptors (Lipinski definition) is 4. The molecule has 6 heteroatoms. The molecule has 1 atom stereocenters. The average molecular weight is 330 g/mol. The molecule has 0 aromatic heterocycles. The van der Waals surface area contributed by atoms with Gasteiger partial charge in [-0.05, 0) is 44.4 Å². The third-order valence-electron chi connectivity index (χ3n) is 3.69. The maximum Gasteiger partial charge on any atom is 0.309 e. The second kappa shape index (κ2) is 8.86. The standard InChI is InChI=1S/C18H22N2O4/c1-2-19-17(22)14-9-6-10-15(11-14)20-16(21)12-24-18(23)13-7-4-3-5-8-13/h3-4,6,9-11,13H,2,5,7-8,12H2,1H3,(H,19,22)(H,20,21)/t13-/m0/s1. The first-order valence-corrected chi connectivity index (χ1v) is 8.10. The van der Waals surface area contributed by atoms with Crippen LogP contribution in [0.3, 0.4) is 0 Å². The molecule has 2 amide bonds. The van der Waals surface area contributed by atoms with E-state index in [0.717, 1.165) is 12.8 Å². The molecule has 128 valence electrons. The van der Waals surface area contributed by atoms with Gasteiger partial charge >= 0.3 is 5.97 Å². The highest BCUT2D eigenvalue weighted by Crippen LogP contribution is 2.19. The van der Waals surface area contributed by atoms with E-state index in [9.17, 15) is 14.4 Å². The van der Waals surface area contributed by atoms with Crippen molar-refractivity contribution >= 4 is 23.5 Å². The highest BCUT2D eigenvalue weighted by Gasteiger charge is 2.21. The van der Waals surface area contributed by atoms with Crippen LogP contribution in [0, 0.1) is 5.92 Å². The molecule has 24 heavy (non-hydrogen) atoms. The Morgan fingerprint density at radius 3 is 2.79 bits per heavy atom. The molecule has 1 aromatic rings. The summed E-state index contributed by atoms with van der Waals surface area (Å²) in [7, 11) is 0. The highest BCUT2D eigenvalue weighted by atomic mass is 16.5. The van der Waals surface area contributed by atoms with Gasteiger partial charge in [0.2, 0.25) is 0 Å². The summed E-state index contributed by atoms with van der Waals surface area (Å²) in [5.74, 6) is -1.14. The predicted molar refractivity (Wildman–Crippen MR) is 90.5 cm³/mol. The molecular formula is C18H22N2O4. The summed E-state index contributed by atoms with van der Waals surface area (Å²) in [6, 6.07) is 6.60. The fourth-order valence-electron chi connectivity index (χ4n) is 2.46. The van der Waals surface area contributed by atoms with E-state index in [4.69, 9.17) is 4.74 Å². The van der Waals surface area contributed by atoms with Crippen LogP contribution < -0.4 is 10.6 Å². The van der Waals surface area contributed by atoms with E-state index in [2.05, 4.69) is 10.6 Å². The van der Waals surface area contributed by atoms with Crippen LogP contribution in [0.25, 0.3) is 0 Å². The average Bonchev–Trinajstić information content (AvgIpc) is 2.61. The number of benzene rings is 1. The highest BCUT2D eigenvalue weighted by molar-refractivity contribution is 5.97. The number of rotatable bonds is 6. The van der Waals surface area contributed by atoms with Crippen LogP contribution in [0.2, 0.25) is 0 Å². The lowest BCUT2D eigenvalue weighted by Crippen LogP contribution is -2.25. The molecule has 0 unspecified atom stereocenters. The first-order chi connectivity index (χ1) is 11.6. The Bertz CT molecular complexity index is 640. The molecular weight excluding hydrogens is 308 g/mol. The Morgan fingerprint density at radius 1 is 1.25 bits per heavy atom. The summed E-state index contributed by atoms with van der Waals surface area (Å²) in [6.07, 6.45) is 6.28. The van der Waals surface area contributed by atoms with Crippen molar-refractivity contribution in [3.63, 3.8) is 0 Å². The Morgan fingerprint density at radius 2 is 2.08 bits per heavy atom. The predicted octanol–water partition coefficient (Wildman–Crippen LogP) is 2.27. The van der Waals surface area contributed by atoms with Crippen LogP contribution in [-0.4, -0.2) is 30.9 Å². The van der Waals surface area contributed by atoms with Crippen LogP contribution in [0.1, 0.15) is 36.5 Å². The molecule has 0 fully saturated rings. The summed E-state index contributed by atoms with van der Waals surface area (Å²) >= 11 is 0. The maximum absolute atomic E-state index is 11.9. The van der Waals surface area contributed by atoms with Gasteiger partial charge in [-0.2, -0.15) is 0 Å². The van der Waals surface area contributed by atoms with E-state index in [1.165, 1.54) is 0 Å². The number of ether oxygens (including phenoxy) is 1. The van der Waals surface area contributed by atoms with Crippen LogP contribution >= 0.6 is 0 Å². The quantitative estimate of drug-likeness (QED) is 0.619. The Balaban J connectivity index is 1.83. The van der Waals surface area contributed by atoms with E-state index in [-0.39, 0.29) is 24.4 Å². The molecule has 0 spiro atoms. The zero-order chi connectivity index (χ0) is 17.4. The van der Waals surface area contributed by atoms with Gasteiger partial charge in [0.1, 0.15) is 0 Å². The van der Waals surface area contributed by atoms with Crippen molar-refractivity contribution in [1.29, 1.82) is 0 Å². The number of allylic oxidation sites excluding steroid dienone is 2. The topological polar surface area (TPSA) is 84.5 Å². The second-order valence-electron chi connectivity index (χ2n) is 5.58. The van der Waals surface area contributed by atoms with E-state index >= 15 is 0 Å². The van der Waals surface area contributed by atoms with Crippen LogP contribution in [0.15, 0.2) is 36.4 Å². The smallest absolute Gasteiger partial charge is 0.309 e. The molecule has 2 N–H and O–H groups in total. The second-order valence-corrected chi connectivity index (χ2v) is 5.58. The van der Waals surface area contributed by atoms with Crippen molar-refractivity contribution < 1.29 is 19.1 Å². The van der Waals surface area contributed by atoms with Crippen LogP contribution in [-0.2, 0) is 14.3 Å². The Hall–Kier alpha value is -2.63. The lowest BCUT2D eigenvalue weighted by molar-refractivity contribution is -0.151. The molecule has 0 radical (unpaired) electrons. The molecule has 1 aromatic carbocycles. The van der Waals surface area contributed by atoms with E-state index in [1.807, 2.05) is 19.1 Å². The molecule has 1 aliphatic carbocycles. The third kappa shape index (κ3) is 5.22. The zero-order valence-corrected chi connectivity index (χ0v) is 13.7. The van der Waals surface area contributed by atoms with Gasteiger partial charge in [0.15, 0.2) is 6.61 Å². The van der Waals surface area contributed by atoms with Crippen molar-refractivity contribution in [2.45, 2.75) is 26.2 Å². The Kier molecular flexibility index (Phi) is 6.54. The number of amides is 2. The van der Waals surface area contributed by atoms with Gasteiger partial charge in [-0.15, -0.1) is 0 Å². The van der Waals surface area contributed by atoms with Crippen molar-refractivity contribution in [2.24, 2.45) is 5.92 Å². The largest absolute Gasteiger partial charge is 0.455 e. The van der Waals surface area contributed by atoms with E-state index < -0.39 is 5.91 Å². The van der Waals surface area contributed by atoms with E-state index in [1.54, 1.807) is 24.3 Å². The number of esters is 1. The van der Waals surface area contributed by atoms with Gasteiger partial charge in [-0.25, -0.2) is 0 Å². The first-order valence-electron chi connectivity index (χ1n) is 8.10. The summed E-state index contributed by atoms with van der Waals surface area (Å²) in [5, 5.41) is 5.32. The monoisotopic (exact) mass is 330 g/mol. The lowest BCUT2D eigenvalue weighted by Gasteiger charge is -2.16. The molecule has 0 heterocycles. The fraction of sp³-hybridized carbons (Fsp3) is 0.389. The minimum Gasteiger partial charge on any atom is -0.455 e. The third-order valence-corrected chi connectivity index (χ3v) is 3.69. The number of nitrogens with one attached hydrogen (secondary N) is 2. The van der Waals surface area contributed by atoms with Gasteiger partial charge in [0.25, 0.3) is 11.8 Å². The van der Waals surface area contributed by atoms with E-state index in [0.29, 0.717) is 24.2 Å². The van der Waals surface area contributed by atoms with Crippen molar-refractivity contribution in [1.82, 2.24) is 5.32 Å². The Labute approximate surface area is 141 Å². The molecule has 1 aliphatic rings. The SMILES string of the molecule is CCNC(=O)c1cccc(NC(=O)COC(=O)[C@H]2CC=CCC2)c1. The summed E-state index contributed by atoms with van der Waals surface area (Å²) in [4.78, 5) is 35.6. The molecule has 2 rings (SSSR count). The van der Waals surface area contributed by atoms with Gasteiger partial charge < -0.3 is 15.4 Å². The number of carbonyl (C=O) groups excluding carboxylic acids is 3. The molecule has 0 bridgehead atoms. The lowest BCUT2D eigenvalue weighted by atomic mass is 9.95. The van der Waals surface area contributed by atoms with Gasteiger partial charge in [-0.1, -0.05) is 18.2 Å². The fourth-order valence-corrected chi connectivity index (χ4v) is 2.46. The number of anilines is 1. The summed E-state index contributed by atoms with van der Waals surface area (Å²) in [6.45, 7) is 2.03. The minimum atomic E-state index is -0.428. The zero-order valence-electron chi connectivity index (χ0n) is 13.7. The van der Waals surface area contributed by atoms with Crippen LogP contribution in [0.4, 0.5) is 5.69 Å². The minimum absolute atomic E-state index is 0.163. The van der Waals surface area contributed by atoms with Gasteiger partial charge in [-0.3, -0.25) is 14.4 Å². The number of hydrogen-bond donors (Lipinski definition) is 2. The van der Waals surface area contributed by atoms with Gasteiger partial charge in [0.05, 0.1) is 5.92 Å². The summed E-state index contributed by atoms with van der Waals surface area (Å²) in [5.41, 5.74) is 0.945. The van der Waals surface area contributed by atoms with Crippen molar-refractivity contribution in [3.05, 3.63) is 42.0 Å². The van der Waals surface area contributed by atoms with Crippen molar-refractivity contribution in [2.75, 3.05) is 18.5 Å². The summed E-state index contributed by atoms with van der Waals surface area (Å²) < 4.78 is 5.07. The molecule has 0 saturated carbocycles. The number of carbonyl (C=O) groups is 3.